The summed E-state index contributed by atoms with van der Waals surface area (Å²) in [4.78, 5) is 15.5. The summed E-state index contributed by atoms with van der Waals surface area (Å²) in [6.07, 6.45) is -5.23. The van der Waals surface area contributed by atoms with Crippen LogP contribution in [-0.4, -0.2) is 99.7 Å². The van der Waals surface area contributed by atoms with E-state index in [2.05, 4.69) is 10.3 Å². The highest BCUT2D eigenvalue weighted by molar-refractivity contribution is 6.35. The second-order valence-electron chi connectivity index (χ2n) is 9.80. The van der Waals surface area contributed by atoms with Gasteiger partial charge < -0.3 is 34.4 Å². The maximum Gasteiger partial charge on any atom is 0.259 e. The summed E-state index contributed by atoms with van der Waals surface area (Å²) in [7, 11) is 1.28. The zero-order chi connectivity index (χ0) is 30.3. The van der Waals surface area contributed by atoms with Gasteiger partial charge in [0.1, 0.15) is 52.8 Å². The van der Waals surface area contributed by atoms with Crippen molar-refractivity contribution in [2.24, 2.45) is 0 Å². The van der Waals surface area contributed by atoms with Crippen LogP contribution in [0.1, 0.15) is 6.04 Å². The number of hydrogen-bond donors (Lipinski definition) is 3. The molecule has 2 aromatic carbocycles. The van der Waals surface area contributed by atoms with Crippen molar-refractivity contribution in [3.05, 3.63) is 63.2 Å². The fourth-order valence-electron chi connectivity index (χ4n) is 5.19. The molecular formula is C26H25Cl3F2N4O7. The number of nitrogens with zero attached hydrogens (tertiary/aromatic N) is 4. The standard InChI is InChI=1S/C26H25Cl3F2N4O7/c1-40-24-22(34-7-17(32-33-34)11-2-15(30)21(29)16(31)3-11)23(38)20(8-36)42-25(24)26(39)35(18-9-41-10-19(18)37)14-5-12(27)4-13(28)6-14/h2-7,18-20,22-25,36-38H,8-10H2,1H3/t18-,19-,20+,22-,23-,24+,25+/m0/s1. The van der Waals surface area contributed by atoms with E-state index < -0.39 is 71.8 Å². The summed E-state index contributed by atoms with van der Waals surface area (Å²) in [5.74, 6) is -2.73. The van der Waals surface area contributed by atoms with Crippen LogP contribution >= 0.6 is 34.8 Å². The highest BCUT2D eigenvalue weighted by Crippen LogP contribution is 2.37. The number of aliphatic hydroxyl groups excluding tert-OH is 3. The summed E-state index contributed by atoms with van der Waals surface area (Å²) in [6.45, 7) is -0.737. The van der Waals surface area contributed by atoms with Crippen molar-refractivity contribution >= 4 is 46.4 Å². The lowest BCUT2D eigenvalue weighted by Crippen LogP contribution is -2.63. The summed E-state index contributed by atoms with van der Waals surface area (Å²) in [5.41, 5.74) is 0.285. The third kappa shape index (κ3) is 5.85. The number of amides is 1. The molecule has 1 amide bonds. The number of halogens is 5. The van der Waals surface area contributed by atoms with E-state index >= 15 is 0 Å². The number of ether oxygens (including phenoxy) is 3. The lowest BCUT2D eigenvalue weighted by molar-refractivity contribution is -0.211. The van der Waals surface area contributed by atoms with E-state index in [4.69, 9.17) is 49.0 Å². The van der Waals surface area contributed by atoms with Crippen molar-refractivity contribution in [2.75, 3.05) is 31.8 Å². The fraction of sp³-hybridized carbons (Fsp3) is 0.423. The van der Waals surface area contributed by atoms with Gasteiger partial charge in [0.05, 0.1) is 32.1 Å². The zero-order valence-corrected chi connectivity index (χ0v) is 24.0. The Bertz CT molecular complexity index is 1420. The van der Waals surface area contributed by atoms with Gasteiger partial charge in [-0.05, 0) is 30.3 Å². The normalized spacial score (nSPS) is 27.8. The van der Waals surface area contributed by atoms with Gasteiger partial charge in [-0.25, -0.2) is 13.5 Å². The predicted molar refractivity (Wildman–Crippen MR) is 147 cm³/mol. The van der Waals surface area contributed by atoms with Gasteiger partial charge in [0.2, 0.25) is 0 Å². The minimum atomic E-state index is -1.47. The third-order valence-corrected chi connectivity index (χ3v) is 7.99. The fourth-order valence-corrected chi connectivity index (χ4v) is 5.82. The van der Waals surface area contributed by atoms with Crippen LogP contribution < -0.4 is 4.90 Å². The predicted octanol–water partition coefficient (Wildman–Crippen LogP) is 2.65. The van der Waals surface area contributed by atoms with Crippen LogP contribution in [-0.2, 0) is 19.0 Å². The maximum atomic E-state index is 14.3. The summed E-state index contributed by atoms with van der Waals surface area (Å²) >= 11 is 18.0. The van der Waals surface area contributed by atoms with E-state index in [1.54, 1.807) is 0 Å². The molecule has 0 bridgehead atoms. The van der Waals surface area contributed by atoms with Gasteiger partial charge in [-0.15, -0.1) is 5.10 Å². The van der Waals surface area contributed by atoms with E-state index in [1.807, 2.05) is 0 Å². The van der Waals surface area contributed by atoms with Crippen LogP contribution in [0.4, 0.5) is 14.5 Å². The topological polar surface area (TPSA) is 139 Å². The third-order valence-electron chi connectivity index (χ3n) is 7.19. The van der Waals surface area contributed by atoms with Gasteiger partial charge in [-0.1, -0.05) is 40.0 Å². The smallest absolute Gasteiger partial charge is 0.259 e. The van der Waals surface area contributed by atoms with Crippen molar-refractivity contribution in [3.8, 4) is 11.3 Å². The van der Waals surface area contributed by atoms with Crippen molar-refractivity contribution in [1.29, 1.82) is 0 Å². The van der Waals surface area contributed by atoms with Crippen molar-refractivity contribution in [3.63, 3.8) is 0 Å². The molecule has 0 radical (unpaired) electrons. The quantitative estimate of drug-likeness (QED) is 0.330. The SMILES string of the molecule is CO[C@@H]1[C@@H](n2cc(-c3cc(F)c(Cl)c(F)c3)nn2)[C@@H](O)[C@@H](CO)O[C@H]1C(=O)N(c1cc(Cl)cc(Cl)c1)[C@H]1COC[C@@H]1O. The first-order valence-electron chi connectivity index (χ1n) is 12.6. The number of aromatic nitrogens is 3. The molecule has 2 fully saturated rings. The lowest BCUT2D eigenvalue weighted by Gasteiger charge is -2.45. The van der Waals surface area contributed by atoms with Crippen LogP contribution in [0.15, 0.2) is 36.5 Å². The monoisotopic (exact) mass is 648 g/mol. The number of aliphatic hydroxyl groups is 3. The molecular weight excluding hydrogens is 625 g/mol. The van der Waals surface area contributed by atoms with Gasteiger partial charge in [-0.3, -0.25) is 4.79 Å². The average molecular weight is 650 g/mol. The minimum absolute atomic E-state index is 0.0155. The van der Waals surface area contributed by atoms with Gasteiger partial charge in [0.15, 0.2) is 6.10 Å². The summed E-state index contributed by atoms with van der Waals surface area (Å²) in [6, 6.07) is 4.34. The molecule has 2 aliphatic rings. The van der Waals surface area contributed by atoms with E-state index in [0.717, 1.165) is 16.8 Å². The second-order valence-corrected chi connectivity index (χ2v) is 11.1. The second kappa shape index (κ2) is 12.6. The Balaban J connectivity index is 1.54. The summed E-state index contributed by atoms with van der Waals surface area (Å²) < 4.78 is 46.3. The molecule has 16 heteroatoms. The van der Waals surface area contributed by atoms with E-state index in [9.17, 15) is 28.9 Å². The molecule has 2 aliphatic heterocycles. The average Bonchev–Trinajstić information content (AvgIpc) is 3.60. The molecule has 0 saturated carbocycles. The highest BCUT2D eigenvalue weighted by Gasteiger charge is 2.52. The van der Waals surface area contributed by atoms with E-state index in [1.165, 1.54) is 36.4 Å². The van der Waals surface area contributed by atoms with Crippen molar-refractivity contribution in [2.45, 2.75) is 42.6 Å². The van der Waals surface area contributed by atoms with Gasteiger partial charge >= 0.3 is 0 Å². The molecule has 1 aromatic heterocycles. The molecule has 0 unspecified atom stereocenters. The first-order valence-corrected chi connectivity index (χ1v) is 13.8. The molecule has 3 heterocycles. The lowest BCUT2D eigenvalue weighted by atomic mass is 9.91. The Morgan fingerprint density at radius 2 is 1.79 bits per heavy atom. The molecule has 2 saturated heterocycles. The molecule has 5 rings (SSSR count). The van der Waals surface area contributed by atoms with E-state index in [-0.39, 0.29) is 40.2 Å². The largest absolute Gasteiger partial charge is 0.394 e. The zero-order valence-electron chi connectivity index (χ0n) is 21.8. The summed E-state index contributed by atoms with van der Waals surface area (Å²) in [5, 5.41) is 39.6. The number of benzene rings is 2. The van der Waals surface area contributed by atoms with Crippen LogP contribution in [0.25, 0.3) is 11.3 Å². The Kier molecular flexibility index (Phi) is 9.33. The number of methoxy groups -OCH3 is 1. The molecule has 3 aromatic rings. The van der Waals surface area contributed by atoms with Gasteiger partial charge in [-0.2, -0.15) is 0 Å². The molecule has 226 valence electrons. The molecule has 3 N–H and O–H groups in total. The van der Waals surface area contributed by atoms with Crippen LogP contribution in [0.3, 0.4) is 0 Å². The van der Waals surface area contributed by atoms with Crippen molar-refractivity contribution < 1.29 is 43.1 Å². The highest BCUT2D eigenvalue weighted by atomic mass is 35.5. The molecule has 0 spiro atoms. The van der Waals surface area contributed by atoms with Crippen molar-refractivity contribution in [1.82, 2.24) is 15.0 Å². The number of carbonyl (C=O) groups excluding carboxylic acids is 1. The minimum Gasteiger partial charge on any atom is -0.394 e. The Morgan fingerprint density at radius 3 is 2.36 bits per heavy atom. The first-order chi connectivity index (χ1) is 20.0. The van der Waals surface area contributed by atoms with Crippen LogP contribution in [0.2, 0.25) is 15.1 Å². The molecule has 11 nitrogen and oxygen atoms in total. The number of anilines is 1. The van der Waals surface area contributed by atoms with Crippen LogP contribution in [0, 0.1) is 11.6 Å². The number of carbonyl (C=O) groups is 1. The maximum absolute atomic E-state index is 14.3. The van der Waals surface area contributed by atoms with Gasteiger partial charge in [0, 0.05) is 28.4 Å². The Morgan fingerprint density at radius 1 is 1.12 bits per heavy atom. The number of hydrogen-bond acceptors (Lipinski definition) is 9. The van der Waals surface area contributed by atoms with E-state index in [0.29, 0.717) is 0 Å². The van der Waals surface area contributed by atoms with Crippen LogP contribution in [0.5, 0.6) is 0 Å². The first kappa shape index (κ1) is 31.0. The Hall–Kier alpha value is -2.46. The van der Waals surface area contributed by atoms with Gasteiger partial charge in [0.25, 0.3) is 5.91 Å². The molecule has 42 heavy (non-hydrogen) atoms. The number of rotatable bonds is 7. The Labute approximate surface area is 253 Å². The molecule has 0 aliphatic carbocycles. The molecule has 7 atom stereocenters.